The Morgan fingerprint density at radius 2 is 1.30 bits per heavy atom. The lowest BCUT2D eigenvalue weighted by Crippen LogP contribution is -2.53. The van der Waals surface area contributed by atoms with Gasteiger partial charge in [0.05, 0.1) is 14.8 Å². The zero-order valence-corrected chi connectivity index (χ0v) is 15.1. The minimum absolute atomic E-state index is 0.120. The third-order valence-corrected chi connectivity index (χ3v) is 6.07. The van der Waals surface area contributed by atoms with Gasteiger partial charge in [0.15, 0.2) is 0 Å². The van der Waals surface area contributed by atoms with Gasteiger partial charge in [0.1, 0.15) is 0 Å². The summed E-state index contributed by atoms with van der Waals surface area (Å²) in [4.78, 5) is -1.06. The number of benzene rings is 2. The standard InChI is InChI=1S/C15H8Cl2F6O3S/c16-9-3-6-12(11(17)7-9)27(25,26)10-4-1-8(2-5-10)13(24,14(18,19)20)15(21,22)23/h1-7,24H. The summed E-state index contributed by atoms with van der Waals surface area (Å²) in [7, 11) is -4.35. The Morgan fingerprint density at radius 1 is 0.815 bits per heavy atom. The summed E-state index contributed by atoms with van der Waals surface area (Å²) in [6, 6.07) is 4.83. The lowest BCUT2D eigenvalue weighted by atomic mass is 9.92. The minimum atomic E-state index is -6.08. The van der Waals surface area contributed by atoms with E-state index in [-0.39, 0.29) is 22.2 Å². The van der Waals surface area contributed by atoms with Crippen LogP contribution in [0, 0.1) is 0 Å². The van der Waals surface area contributed by atoms with Gasteiger partial charge in [0.25, 0.3) is 5.60 Å². The van der Waals surface area contributed by atoms with Gasteiger partial charge in [-0.25, -0.2) is 8.42 Å². The summed E-state index contributed by atoms with van der Waals surface area (Å²) in [6.45, 7) is 0. The van der Waals surface area contributed by atoms with E-state index in [2.05, 4.69) is 0 Å². The molecule has 2 aromatic rings. The molecule has 27 heavy (non-hydrogen) atoms. The van der Waals surface area contributed by atoms with Crippen LogP contribution in [0.3, 0.4) is 0 Å². The summed E-state index contributed by atoms with van der Waals surface area (Å²) in [5, 5.41) is 9.14. The number of aliphatic hydroxyl groups is 1. The van der Waals surface area contributed by atoms with Crippen LogP contribution < -0.4 is 0 Å². The predicted octanol–water partition coefficient (Wildman–Crippen LogP) is 5.14. The Hall–Kier alpha value is -1.49. The summed E-state index contributed by atoms with van der Waals surface area (Å²) in [6.07, 6.45) is -12.2. The van der Waals surface area contributed by atoms with E-state index in [0.717, 1.165) is 12.1 Å². The lowest BCUT2D eigenvalue weighted by molar-refractivity contribution is -0.376. The molecule has 0 unspecified atom stereocenters. The number of hydrogen-bond acceptors (Lipinski definition) is 3. The number of halogens is 8. The van der Waals surface area contributed by atoms with Crippen molar-refractivity contribution in [2.75, 3.05) is 0 Å². The maximum atomic E-state index is 12.9. The highest BCUT2D eigenvalue weighted by molar-refractivity contribution is 7.91. The molecular weight excluding hydrogens is 445 g/mol. The average Bonchev–Trinajstić information content (AvgIpc) is 2.51. The maximum absolute atomic E-state index is 12.9. The Labute approximate surface area is 159 Å². The van der Waals surface area contributed by atoms with Crippen LogP contribution in [0.15, 0.2) is 52.3 Å². The van der Waals surface area contributed by atoms with Crippen LogP contribution in [0.5, 0.6) is 0 Å². The molecule has 2 aromatic carbocycles. The van der Waals surface area contributed by atoms with Crippen LogP contribution in [0.4, 0.5) is 26.3 Å². The second-order valence-corrected chi connectivity index (χ2v) is 8.07. The Bertz CT molecular complexity index is 939. The highest BCUT2D eigenvalue weighted by atomic mass is 35.5. The van der Waals surface area contributed by atoms with Gasteiger partial charge in [-0.05, 0) is 30.3 Å². The van der Waals surface area contributed by atoms with Crippen LogP contribution >= 0.6 is 23.2 Å². The van der Waals surface area contributed by atoms with Gasteiger partial charge in [-0.15, -0.1) is 0 Å². The summed E-state index contributed by atoms with van der Waals surface area (Å²) < 4.78 is 102. The molecule has 0 saturated carbocycles. The van der Waals surface area contributed by atoms with Crippen molar-refractivity contribution in [2.45, 2.75) is 27.7 Å². The van der Waals surface area contributed by atoms with Gasteiger partial charge >= 0.3 is 12.4 Å². The molecule has 0 amide bonds. The normalized spacial score (nSPS) is 13.7. The van der Waals surface area contributed by atoms with Crippen molar-refractivity contribution < 1.29 is 39.9 Å². The van der Waals surface area contributed by atoms with Gasteiger partial charge in [0.2, 0.25) is 9.84 Å². The molecule has 0 aromatic heterocycles. The smallest absolute Gasteiger partial charge is 0.369 e. The molecule has 0 atom stereocenters. The van der Waals surface area contributed by atoms with Gasteiger partial charge in [0, 0.05) is 10.6 Å². The van der Waals surface area contributed by atoms with E-state index in [4.69, 9.17) is 23.2 Å². The summed E-state index contributed by atoms with van der Waals surface area (Å²) >= 11 is 11.4. The van der Waals surface area contributed by atoms with E-state index in [9.17, 15) is 39.9 Å². The zero-order valence-electron chi connectivity index (χ0n) is 12.7. The number of alkyl halides is 6. The predicted molar refractivity (Wildman–Crippen MR) is 84.4 cm³/mol. The topological polar surface area (TPSA) is 54.4 Å². The molecule has 12 heteroatoms. The Balaban J connectivity index is 2.57. The molecule has 0 saturated heterocycles. The monoisotopic (exact) mass is 452 g/mol. The van der Waals surface area contributed by atoms with Crippen molar-refractivity contribution >= 4 is 33.0 Å². The molecule has 0 aliphatic heterocycles. The van der Waals surface area contributed by atoms with Crippen LogP contribution in [0.1, 0.15) is 5.56 Å². The Kier molecular flexibility index (Phi) is 5.52. The van der Waals surface area contributed by atoms with Crippen LogP contribution in [0.25, 0.3) is 0 Å². The molecule has 1 N–H and O–H groups in total. The van der Waals surface area contributed by atoms with Crippen molar-refractivity contribution in [3.8, 4) is 0 Å². The third kappa shape index (κ3) is 3.75. The fourth-order valence-corrected chi connectivity index (χ4v) is 4.21. The molecule has 0 spiro atoms. The van der Waals surface area contributed by atoms with E-state index in [1.807, 2.05) is 0 Å². The van der Waals surface area contributed by atoms with Gasteiger partial charge in [-0.3, -0.25) is 0 Å². The summed E-state index contributed by atoms with van der Waals surface area (Å²) in [5.74, 6) is 0. The fraction of sp³-hybridized carbons (Fsp3) is 0.200. The van der Waals surface area contributed by atoms with Crippen LogP contribution in [-0.2, 0) is 15.4 Å². The van der Waals surface area contributed by atoms with Crippen LogP contribution in [-0.4, -0.2) is 25.9 Å². The maximum Gasteiger partial charge on any atom is 0.430 e. The molecule has 3 nitrogen and oxygen atoms in total. The largest absolute Gasteiger partial charge is 0.430 e. The first kappa shape index (κ1) is 21.8. The van der Waals surface area contributed by atoms with E-state index in [1.54, 1.807) is 0 Å². The second-order valence-electron chi connectivity index (χ2n) is 5.31. The van der Waals surface area contributed by atoms with E-state index in [0.29, 0.717) is 12.1 Å². The number of rotatable bonds is 3. The molecule has 0 aliphatic rings. The first-order valence-corrected chi connectivity index (χ1v) is 9.03. The molecule has 2 rings (SSSR count). The first-order chi connectivity index (χ1) is 12.1. The second kappa shape index (κ2) is 6.84. The van der Waals surface area contributed by atoms with Gasteiger partial charge in [-0.2, -0.15) is 26.3 Å². The van der Waals surface area contributed by atoms with E-state index < -0.39 is 43.1 Å². The summed E-state index contributed by atoms with van der Waals surface area (Å²) in [5.41, 5.74) is -6.73. The van der Waals surface area contributed by atoms with Crippen molar-refractivity contribution in [1.82, 2.24) is 0 Å². The van der Waals surface area contributed by atoms with Crippen molar-refractivity contribution in [2.24, 2.45) is 0 Å². The van der Waals surface area contributed by atoms with Crippen LogP contribution in [0.2, 0.25) is 10.0 Å². The highest BCUT2D eigenvalue weighted by Crippen LogP contribution is 2.50. The lowest BCUT2D eigenvalue weighted by Gasteiger charge is -2.32. The number of hydrogen-bond donors (Lipinski definition) is 1. The van der Waals surface area contributed by atoms with Gasteiger partial charge < -0.3 is 5.11 Å². The molecule has 0 aliphatic carbocycles. The fourth-order valence-electron chi connectivity index (χ4n) is 2.18. The van der Waals surface area contributed by atoms with Crippen molar-refractivity contribution in [3.63, 3.8) is 0 Å². The highest BCUT2D eigenvalue weighted by Gasteiger charge is 2.71. The Morgan fingerprint density at radius 3 is 1.70 bits per heavy atom. The van der Waals surface area contributed by atoms with Crippen molar-refractivity contribution in [3.05, 3.63) is 58.1 Å². The molecule has 0 radical (unpaired) electrons. The SMILES string of the molecule is O=S(=O)(c1ccc(C(O)(C(F)(F)F)C(F)(F)F)cc1)c1ccc(Cl)cc1Cl. The molecular formula is C15H8Cl2F6O3S. The molecule has 0 heterocycles. The third-order valence-electron chi connectivity index (χ3n) is 3.59. The van der Waals surface area contributed by atoms with Crippen molar-refractivity contribution in [1.29, 1.82) is 0 Å². The van der Waals surface area contributed by atoms with E-state index >= 15 is 0 Å². The molecule has 0 bridgehead atoms. The van der Waals surface area contributed by atoms with Gasteiger partial charge in [-0.1, -0.05) is 35.3 Å². The molecule has 148 valence electrons. The minimum Gasteiger partial charge on any atom is -0.369 e. The zero-order chi connectivity index (χ0) is 20.8. The molecule has 0 fully saturated rings. The first-order valence-electron chi connectivity index (χ1n) is 6.79. The van der Waals surface area contributed by atoms with E-state index in [1.165, 1.54) is 6.07 Å². The quantitative estimate of drug-likeness (QED) is 0.656. The number of sulfone groups is 1. The average molecular weight is 453 g/mol.